The number of furan rings is 1. The average molecular weight is 376 g/mol. The average Bonchev–Trinajstić information content (AvgIpc) is 2.75. The molecule has 7 heteroatoms. The molecule has 3 aliphatic heterocycles. The minimum absolute atomic E-state index is 0.0923. The van der Waals surface area contributed by atoms with Crippen molar-refractivity contribution in [3.05, 3.63) is 35.1 Å². The van der Waals surface area contributed by atoms with Gasteiger partial charge in [0.2, 0.25) is 10.0 Å². The molecular formula is C19H24N2O4S. The Labute approximate surface area is 153 Å². The number of rotatable bonds is 2. The highest BCUT2D eigenvalue weighted by Crippen LogP contribution is 2.33. The van der Waals surface area contributed by atoms with Gasteiger partial charge in [0.25, 0.3) is 5.91 Å². The summed E-state index contributed by atoms with van der Waals surface area (Å²) in [7, 11) is -3.25. The maximum atomic E-state index is 13.2. The minimum atomic E-state index is -3.25. The fourth-order valence-corrected chi connectivity index (χ4v) is 5.15. The van der Waals surface area contributed by atoms with Gasteiger partial charge in [-0.3, -0.25) is 4.79 Å². The van der Waals surface area contributed by atoms with E-state index >= 15 is 0 Å². The topological polar surface area (TPSA) is 70.8 Å². The molecule has 1 aromatic carbocycles. The summed E-state index contributed by atoms with van der Waals surface area (Å²) in [5.74, 6) is 0.435. The van der Waals surface area contributed by atoms with E-state index in [1.54, 1.807) is 0 Å². The van der Waals surface area contributed by atoms with Crippen LogP contribution in [0.25, 0.3) is 11.0 Å². The van der Waals surface area contributed by atoms with Gasteiger partial charge in [0.15, 0.2) is 5.76 Å². The third kappa shape index (κ3) is 2.93. The molecule has 0 saturated carbocycles. The number of nitrogens with zero attached hydrogens (tertiary/aromatic N) is 2. The molecule has 2 aromatic rings. The van der Waals surface area contributed by atoms with Crippen LogP contribution in [-0.4, -0.2) is 55.5 Å². The predicted octanol–water partition coefficient (Wildman–Crippen LogP) is 2.55. The molecule has 2 atom stereocenters. The zero-order chi connectivity index (χ0) is 18.6. The molecule has 1 aromatic heterocycles. The van der Waals surface area contributed by atoms with Crippen molar-refractivity contribution in [1.29, 1.82) is 0 Å². The van der Waals surface area contributed by atoms with E-state index in [1.165, 1.54) is 10.6 Å². The van der Waals surface area contributed by atoms with Crippen molar-refractivity contribution in [2.75, 3.05) is 25.9 Å². The molecular weight excluding hydrogens is 352 g/mol. The number of hydrogen-bond donors (Lipinski definition) is 0. The lowest BCUT2D eigenvalue weighted by Gasteiger charge is -2.35. The van der Waals surface area contributed by atoms with Crippen molar-refractivity contribution in [1.82, 2.24) is 9.21 Å². The number of carbonyl (C=O) groups excluding carboxylic acids is 1. The van der Waals surface area contributed by atoms with E-state index in [2.05, 4.69) is 0 Å². The highest BCUT2D eigenvalue weighted by Gasteiger charge is 2.41. The second-order valence-corrected chi connectivity index (χ2v) is 9.67. The molecule has 3 saturated heterocycles. The summed E-state index contributed by atoms with van der Waals surface area (Å²) < 4.78 is 31.5. The highest BCUT2D eigenvalue weighted by molar-refractivity contribution is 7.88. The van der Waals surface area contributed by atoms with E-state index in [0.717, 1.165) is 34.9 Å². The normalized spacial score (nSPS) is 24.2. The molecule has 26 heavy (non-hydrogen) atoms. The molecule has 2 bridgehead atoms. The summed E-state index contributed by atoms with van der Waals surface area (Å²) in [5, 5.41) is 0.955. The number of hydrogen-bond acceptors (Lipinski definition) is 4. The Hall–Kier alpha value is -1.86. The SMILES string of the molecule is Cc1ccc2c(C)c(C(=O)N3C[C@@H]4CC[C@H]3CN(S(C)(=O)=O)C4)oc2c1. The second kappa shape index (κ2) is 6.09. The lowest BCUT2D eigenvalue weighted by atomic mass is 9.94. The van der Waals surface area contributed by atoms with Gasteiger partial charge in [-0.05, 0) is 44.2 Å². The van der Waals surface area contributed by atoms with Crippen LogP contribution in [0, 0.1) is 19.8 Å². The number of benzene rings is 1. The van der Waals surface area contributed by atoms with Crippen LogP contribution in [0.4, 0.5) is 0 Å². The van der Waals surface area contributed by atoms with E-state index in [4.69, 9.17) is 4.42 Å². The smallest absolute Gasteiger partial charge is 0.290 e. The Morgan fingerprint density at radius 3 is 2.65 bits per heavy atom. The molecule has 4 heterocycles. The van der Waals surface area contributed by atoms with Crippen molar-refractivity contribution in [2.45, 2.75) is 32.7 Å². The van der Waals surface area contributed by atoms with Gasteiger partial charge in [0.1, 0.15) is 5.58 Å². The van der Waals surface area contributed by atoms with E-state index in [9.17, 15) is 13.2 Å². The van der Waals surface area contributed by atoms with Crippen molar-refractivity contribution in [3.63, 3.8) is 0 Å². The first-order chi connectivity index (χ1) is 12.2. The van der Waals surface area contributed by atoms with Crippen molar-refractivity contribution in [2.24, 2.45) is 5.92 Å². The summed E-state index contributed by atoms with van der Waals surface area (Å²) >= 11 is 0. The van der Waals surface area contributed by atoms with Gasteiger partial charge in [0, 0.05) is 36.6 Å². The molecule has 0 spiro atoms. The Morgan fingerprint density at radius 1 is 1.15 bits per heavy atom. The van der Waals surface area contributed by atoms with E-state index in [1.807, 2.05) is 36.9 Å². The van der Waals surface area contributed by atoms with Crippen LogP contribution >= 0.6 is 0 Å². The summed E-state index contributed by atoms with van der Waals surface area (Å²) in [6.07, 6.45) is 3.04. The zero-order valence-corrected chi connectivity index (χ0v) is 16.2. The van der Waals surface area contributed by atoms with Crippen molar-refractivity contribution < 1.29 is 17.6 Å². The number of aryl methyl sites for hydroxylation is 2. The van der Waals surface area contributed by atoms with Crippen LogP contribution < -0.4 is 0 Å². The first kappa shape index (κ1) is 17.5. The van der Waals surface area contributed by atoms with Gasteiger partial charge in [-0.15, -0.1) is 0 Å². The Balaban J connectivity index is 1.68. The first-order valence-corrected chi connectivity index (χ1v) is 10.8. The third-order valence-electron chi connectivity index (χ3n) is 5.70. The molecule has 140 valence electrons. The fraction of sp³-hybridized carbons (Fsp3) is 0.526. The standard InChI is InChI=1S/C19H24N2O4S/c1-12-4-7-16-13(2)18(25-17(16)8-12)19(22)21-10-14-5-6-15(21)11-20(9-14)26(3,23)24/h4,7-8,14-15H,5-6,9-11H2,1-3H3/t14-,15+/m1/s1. The summed E-state index contributed by atoms with van der Waals surface area (Å²) in [5.41, 5.74) is 2.66. The molecule has 3 aliphatic rings. The highest BCUT2D eigenvalue weighted by atomic mass is 32.2. The van der Waals surface area contributed by atoms with Gasteiger partial charge in [0.05, 0.1) is 6.26 Å². The number of piperidine rings is 1. The zero-order valence-electron chi connectivity index (χ0n) is 15.4. The summed E-state index contributed by atoms with van der Waals surface area (Å²) in [6.45, 7) is 5.36. The van der Waals surface area contributed by atoms with Crippen LogP contribution in [0.1, 0.15) is 34.5 Å². The van der Waals surface area contributed by atoms with E-state index < -0.39 is 10.0 Å². The monoisotopic (exact) mass is 376 g/mol. The van der Waals surface area contributed by atoms with Crippen LogP contribution in [0.5, 0.6) is 0 Å². The fourth-order valence-electron chi connectivity index (χ4n) is 4.23. The Bertz CT molecular complexity index is 979. The van der Waals surface area contributed by atoms with Gasteiger partial charge in [-0.25, -0.2) is 8.42 Å². The Morgan fingerprint density at radius 2 is 1.92 bits per heavy atom. The molecule has 0 radical (unpaired) electrons. The Kier molecular flexibility index (Phi) is 4.11. The number of amides is 1. The van der Waals surface area contributed by atoms with Crippen molar-refractivity contribution in [3.8, 4) is 0 Å². The van der Waals surface area contributed by atoms with Crippen molar-refractivity contribution >= 4 is 26.9 Å². The second-order valence-electron chi connectivity index (χ2n) is 7.69. The molecule has 1 amide bonds. The van der Waals surface area contributed by atoms with Crippen LogP contribution in [0.3, 0.4) is 0 Å². The lowest BCUT2D eigenvalue weighted by Crippen LogP contribution is -2.47. The quantitative estimate of drug-likeness (QED) is 0.808. The number of sulfonamides is 1. The minimum Gasteiger partial charge on any atom is -0.451 e. The molecule has 0 N–H and O–H groups in total. The predicted molar refractivity (Wildman–Crippen MR) is 99.7 cm³/mol. The maximum absolute atomic E-state index is 13.2. The first-order valence-electron chi connectivity index (χ1n) is 9.00. The van der Waals surface area contributed by atoms with Crippen LogP contribution in [0.2, 0.25) is 0 Å². The summed E-state index contributed by atoms with van der Waals surface area (Å²) in [6, 6.07) is 5.85. The summed E-state index contributed by atoms with van der Waals surface area (Å²) in [4.78, 5) is 15.1. The molecule has 0 aliphatic carbocycles. The van der Waals surface area contributed by atoms with Crippen LogP contribution in [0.15, 0.2) is 22.6 Å². The largest absolute Gasteiger partial charge is 0.451 e. The van der Waals surface area contributed by atoms with Gasteiger partial charge >= 0.3 is 0 Å². The molecule has 5 rings (SSSR count). The van der Waals surface area contributed by atoms with Crippen LogP contribution in [-0.2, 0) is 10.0 Å². The lowest BCUT2D eigenvalue weighted by molar-refractivity contribution is 0.0558. The maximum Gasteiger partial charge on any atom is 0.290 e. The van der Waals surface area contributed by atoms with E-state index in [-0.39, 0.29) is 17.9 Å². The number of carbonyl (C=O) groups is 1. The number of fused-ring (bicyclic) bond motifs is 5. The van der Waals surface area contributed by atoms with E-state index in [0.29, 0.717) is 25.4 Å². The third-order valence-corrected chi connectivity index (χ3v) is 6.93. The van der Waals surface area contributed by atoms with Gasteiger partial charge < -0.3 is 9.32 Å². The van der Waals surface area contributed by atoms with Gasteiger partial charge in [-0.1, -0.05) is 12.1 Å². The van der Waals surface area contributed by atoms with Gasteiger partial charge in [-0.2, -0.15) is 4.31 Å². The molecule has 0 unspecified atom stereocenters. The molecule has 3 fully saturated rings. The molecule has 6 nitrogen and oxygen atoms in total.